The highest BCUT2D eigenvalue weighted by molar-refractivity contribution is 5.71. The van der Waals surface area contributed by atoms with Gasteiger partial charge in [0.2, 0.25) is 0 Å². The Labute approximate surface area is 101 Å². The molecular formula is C12H18N2O3. The predicted octanol–water partition coefficient (Wildman–Crippen LogP) is 1.00. The van der Waals surface area contributed by atoms with Crippen LogP contribution in [0.15, 0.2) is 24.3 Å². The van der Waals surface area contributed by atoms with E-state index in [1.165, 1.54) is 0 Å². The summed E-state index contributed by atoms with van der Waals surface area (Å²) in [4.78, 5) is 10.5. The minimum atomic E-state index is -0.855. The molecule has 4 N–H and O–H groups in total. The van der Waals surface area contributed by atoms with Crippen molar-refractivity contribution in [3.63, 3.8) is 0 Å². The van der Waals surface area contributed by atoms with E-state index in [-0.39, 0.29) is 6.61 Å². The van der Waals surface area contributed by atoms with Crippen LogP contribution in [0.25, 0.3) is 0 Å². The molecule has 0 saturated heterocycles. The monoisotopic (exact) mass is 238 g/mol. The second-order valence-electron chi connectivity index (χ2n) is 4.46. The first-order valence-corrected chi connectivity index (χ1v) is 5.34. The van der Waals surface area contributed by atoms with Crippen LogP contribution in [0.1, 0.15) is 19.4 Å². The number of ether oxygens (including phenoxy) is 1. The molecule has 0 aliphatic heterocycles. The fraction of sp³-hybridized carbons (Fsp3) is 0.417. The molecule has 0 unspecified atom stereocenters. The molecule has 0 atom stereocenters. The van der Waals surface area contributed by atoms with Crippen LogP contribution in [-0.2, 0) is 6.54 Å². The van der Waals surface area contributed by atoms with Crippen LogP contribution < -0.4 is 15.8 Å². The van der Waals surface area contributed by atoms with Crippen molar-refractivity contribution in [2.24, 2.45) is 5.73 Å². The van der Waals surface area contributed by atoms with Gasteiger partial charge >= 0.3 is 6.03 Å². The number of benzene rings is 1. The quantitative estimate of drug-likeness (QED) is 0.715. The minimum Gasteiger partial charge on any atom is -0.491 e. The average Bonchev–Trinajstić information content (AvgIpc) is 2.24. The van der Waals surface area contributed by atoms with Crippen molar-refractivity contribution >= 4 is 6.03 Å². The third kappa shape index (κ3) is 5.77. The molecule has 17 heavy (non-hydrogen) atoms. The average molecular weight is 238 g/mol. The molecule has 0 radical (unpaired) electrons. The third-order valence-corrected chi connectivity index (χ3v) is 1.98. The summed E-state index contributed by atoms with van der Waals surface area (Å²) < 4.78 is 5.39. The number of hydrogen-bond donors (Lipinski definition) is 3. The van der Waals surface area contributed by atoms with Crippen LogP contribution in [0, 0.1) is 0 Å². The Morgan fingerprint density at radius 3 is 2.47 bits per heavy atom. The molecule has 94 valence electrons. The molecule has 5 heteroatoms. The van der Waals surface area contributed by atoms with Crippen molar-refractivity contribution in [3.05, 3.63) is 29.8 Å². The number of nitrogens with one attached hydrogen (secondary N) is 1. The highest BCUT2D eigenvalue weighted by Gasteiger charge is 2.13. The topological polar surface area (TPSA) is 84.6 Å². The zero-order valence-corrected chi connectivity index (χ0v) is 10.1. The predicted molar refractivity (Wildman–Crippen MR) is 64.7 cm³/mol. The number of carbonyl (C=O) groups is 1. The summed E-state index contributed by atoms with van der Waals surface area (Å²) in [6.07, 6.45) is 0. The van der Waals surface area contributed by atoms with Gasteiger partial charge in [0, 0.05) is 6.54 Å². The van der Waals surface area contributed by atoms with Gasteiger partial charge in [-0.05, 0) is 31.5 Å². The molecule has 2 amide bonds. The molecule has 0 heterocycles. The van der Waals surface area contributed by atoms with E-state index >= 15 is 0 Å². The maximum atomic E-state index is 10.5. The number of nitrogens with two attached hydrogens (primary N) is 1. The largest absolute Gasteiger partial charge is 0.491 e. The van der Waals surface area contributed by atoms with Gasteiger partial charge in [0.05, 0.1) is 5.60 Å². The molecular weight excluding hydrogens is 220 g/mol. The Hall–Kier alpha value is -1.75. The van der Waals surface area contributed by atoms with Crippen LogP contribution >= 0.6 is 0 Å². The van der Waals surface area contributed by atoms with Gasteiger partial charge < -0.3 is 20.9 Å². The van der Waals surface area contributed by atoms with E-state index in [9.17, 15) is 9.90 Å². The standard InChI is InChI=1S/C12H18N2O3/c1-12(2,16)8-17-10-5-3-9(4-6-10)7-14-11(13)15/h3-6,16H,7-8H2,1-2H3,(H3,13,14,15). The summed E-state index contributed by atoms with van der Waals surface area (Å²) in [6.45, 7) is 3.98. The van der Waals surface area contributed by atoms with Gasteiger partial charge in [0.15, 0.2) is 0 Å². The van der Waals surface area contributed by atoms with Gasteiger partial charge in [-0.1, -0.05) is 12.1 Å². The van der Waals surface area contributed by atoms with Gasteiger partial charge in [0.1, 0.15) is 12.4 Å². The lowest BCUT2D eigenvalue weighted by atomic mass is 10.1. The fourth-order valence-corrected chi connectivity index (χ4v) is 1.15. The Balaban J connectivity index is 2.47. The number of amides is 2. The maximum absolute atomic E-state index is 10.5. The number of aliphatic hydroxyl groups is 1. The van der Waals surface area contributed by atoms with E-state index in [0.717, 1.165) is 5.56 Å². The van der Waals surface area contributed by atoms with Crippen molar-refractivity contribution in [1.29, 1.82) is 0 Å². The molecule has 0 spiro atoms. The highest BCUT2D eigenvalue weighted by Crippen LogP contribution is 2.14. The Bertz CT molecular complexity index is 368. The molecule has 0 saturated carbocycles. The van der Waals surface area contributed by atoms with E-state index in [0.29, 0.717) is 12.3 Å². The maximum Gasteiger partial charge on any atom is 0.312 e. The first-order chi connectivity index (χ1) is 7.87. The van der Waals surface area contributed by atoms with Gasteiger partial charge in [0.25, 0.3) is 0 Å². The molecule has 0 bridgehead atoms. The van der Waals surface area contributed by atoms with Crippen molar-refractivity contribution in [3.8, 4) is 5.75 Å². The van der Waals surface area contributed by atoms with Crippen molar-refractivity contribution in [2.45, 2.75) is 26.0 Å². The van der Waals surface area contributed by atoms with Crippen LogP contribution in [-0.4, -0.2) is 23.3 Å². The Kier molecular flexibility index (Phi) is 4.34. The van der Waals surface area contributed by atoms with Gasteiger partial charge in [-0.3, -0.25) is 0 Å². The number of carbonyl (C=O) groups excluding carboxylic acids is 1. The fourth-order valence-electron chi connectivity index (χ4n) is 1.15. The van der Waals surface area contributed by atoms with E-state index < -0.39 is 11.6 Å². The van der Waals surface area contributed by atoms with Gasteiger partial charge in [-0.25, -0.2) is 4.79 Å². The molecule has 1 aromatic rings. The van der Waals surface area contributed by atoms with Gasteiger partial charge in [-0.15, -0.1) is 0 Å². The summed E-state index contributed by atoms with van der Waals surface area (Å²) in [6, 6.07) is 6.67. The number of primary amides is 1. The van der Waals surface area contributed by atoms with E-state index in [2.05, 4.69) is 5.32 Å². The SMILES string of the molecule is CC(C)(O)COc1ccc(CNC(N)=O)cc1. The van der Waals surface area contributed by atoms with Crippen LogP contribution in [0.3, 0.4) is 0 Å². The van der Waals surface area contributed by atoms with Crippen LogP contribution in [0.4, 0.5) is 4.79 Å². The first kappa shape index (κ1) is 13.3. The molecule has 0 aromatic heterocycles. The second-order valence-corrected chi connectivity index (χ2v) is 4.46. The lowest BCUT2D eigenvalue weighted by Gasteiger charge is -2.17. The zero-order valence-electron chi connectivity index (χ0n) is 10.1. The summed E-state index contributed by atoms with van der Waals surface area (Å²) in [7, 11) is 0. The third-order valence-electron chi connectivity index (χ3n) is 1.98. The highest BCUT2D eigenvalue weighted by atomic mass is 16.5. The van der Waals surface area contributed by atoms with Crippen molar-refractivity contribution < 1.29 is 14.6 Å². The Morgan fingerprint density at radius 1 is 1.41 bits per heavy atom. The molecule has 0 aliphatic rings. The summed E-state index contributed by atoms with van der Waals surface area (Å²) >= 11 is 0. The van der Waals surface area contributed by atoms with E-state index in [4.69, 9.17) is 10.5 Å². The Morgan fingerprint density at radius 2 is 2.00 bits per heavy atom. The summed E-state index contributed by atoms with van der Waals surface area (Å²) in [5.74, 6) is 0.676. The molecule has 5 nitrogen and oxygen atoms in total. The van der Waals surface area contributed by atoms with Crippen molar-refractivity contribution in [2.75, 3.05) is 6.61 Å². The normalized spacial score (nSPS) is 11.0. The molecule has 1 rings (SSSR count). The molecule has 1 aromatic carbocycles. The van der Waals surface area contributed by atoms with Crippen LogP contribution in [0.5, 0.6) is 5.75 Å². The van der Waals surface area contributed by atoms with Crippen molar-refractivity contribution in [1.82, 2.24) is 5.32 Å². The van der Waals surface area contributed by atoms with Gasteiger partial charge in [-0.2, -0.15) is 0 Å². The molecule has 0 fully saturated rings. The number of urea groups is 1. The van der Waals surface area contributed by atoms with E-state index in [1.54, 1.807) is 26.0 Å². The minimum absolute atomic E-state index is 0.228. The number of rotatable bonds is 5. The summed E-state index contributed by atoms with van der Waals surface area (Å²) in [5, 5.41) is 12.0. The summed E-state index contributed by atoms with van der Waals surface area (Å²) in [5.41, 5.74) is 5.04. The van der Waals surface area contributed by atoms with E-state index in [1.807, 2.05) is 12.1 Å². The second kappa shape index (κ2) is 5.54. The lowest BCUT2D eigenvalue weighted by Crippen LogP contribution is -2.28. The molecule has 0 aliphatic carbocycles. The zero-order chi connectivity index (χ0) is 12.9. The lowest BCUT2D eigenvalue weighted by molar-refractivity contribution is 0.0285. The smallest absolute Gasteiger partial charge is 0.312 e. The first-order valence-electron chi connectivity index (χ1n) is 5.34. The number of hydrogen-bond acceptors (Lipinski definition) is 3. The van der Waals surface area contributed by atoms with Crippen LogP contribution in [0.2, 0.25) is 0 Å².